The average molecular weight is 271 g/mol. The number of aryl methyl sites for hydroxylation is 1. The highest BCUT2D eigenvalue weighted by Gasteiger charge is 2.19. The third-order valence-electron chi connectivity index (χ3n) is 4.13. The minimum absolute atomic E-state index is 0.504. The van der Waals surface area contributed by atoms with Gasteiger partial charge in [0.05, 0.1) is 5.69 Å². The molecule has 0 radical (unpaired) electrons. The van der Waals surface area contributed by atoms with E-state index >= 15 is 0 Å². The highest BCUT2D eigenvalue weighted by molar-refractivity contribution is 5.54. The van der Waals surface area contributed by atoms with Gasteiger partial charge >= 0.3 is 0 Å². The van der Waals surface area contributed by atoms with Crippen molar-refractivity contribution >= 4 is 5.69 Å². The van der Waals surface area contributed by atoms with E-state index in [-0.39, 0.29) is 0 Å². The average Bonchev–Trinajstić information content (AvgIpc) is 2.90. The number of tetrazole rings is 1. The van der Waals surface area contributed by atoms with E-state index < -0.39 is 0 Å². The van der Waals surface area contributed by atoms with E-state index in [1.807, 2.05) is 0 Å². The van der Waals surface area contributed by atoms with Gasteiger partial charge in [-0.3, -0.25) is 0 Å². The van der Waals surface area contributed by atoms with Crippen LogP contribution in [0.5, 0.6) is 0 Å². The number of hydrogen-bond acceptors (Lipinski definition) is 4. The molecule has 0 saturated heterocycles. The zero-order valence-corrected chi connectivity index (χ0v) is 12.1. The van der Waals surface area contributed by atoms with Crippen LogP contribution in [0.4, 0.5) is 5.69 Å². The fraction of sp³-hybridized carbons (Fsp3) is 0.533. The van der Waals surface area contributed by atoms with Gasteiger partial charge in [0.1, 0.15) is 6.33 Å². The van der Waals surface area contributed by atoms with Gasteiger partial charge in [-0.25, -0.2) is 4.68 Å². The topological polar surface area (TPSA) is 55.6 Å². The molecule has 1 aromatic heterocycles. The molecule has 1 unspecified atom stereocenters. The van der Waals surface area contributed by atoms with Gasteiger partial charge in [-0.1, -0.05) is 25.3 Å². The Labute approximate surface area is 119 Å². The number of benzene rings is 1. The Kier molecular flexibility index (Phi) is 3.67. The molecule has 20 heavy (non-hydrogen) atoms. The molecule has 2 aromatic rings. The number of anilines is 1. The van der Waals surface area contributed by atoms with Gasteiger partial charge in [0, 0.05) is 11.7 Å². The van der Waals surface area contributed by atoms with Gasteiger partial charge in [0.2, 0.25) is 0 Å². The van der Waals surface area contributed by atoms with Gasteiger partial charge in [0.15, 0.2) is 0 Å². The zero-order valence-electron chi connectivity index (χ0n) is 12.1. The number of hydrogen-bond donors (Lipinski definition) is 1. The lowest BCUT2D eigenvalue weighted by Crippen LogP contribution is -2.23. The van der Waals surface area contributed by atoms with E-state index in [2.05, 4.69) is 52.9 Å². The Morgan fingerprint density at radius 2 is 2.25 bits per heavy atom. The van der Waals surface area contributed by atoms with E-state index in [1.54, 1.807) is 11.0 Å². The summed E-state index contributed by atoms with van der Waals surface area (Å²) in [6, 6.07) is 6.85. The van der Waals surface area contributed by atoms with Gasteiger partial charge in [-0.2, -0.15) is 0 Å². The van der Waals surface area contributed by atoms with Crippen LogP contribution in [0.3, 0.4) is 0 Å². The summed E-state index contributed by atoms with van der Waals surface area (Å²) in [6.45, 7) is 4.33. The highest BCUT2D eigenvalue weighted by atomic mass is 15.5. The zero-order chi connectivity index (χ0) is 13.9. The summed E-state index contributed by atoms with van der Waals surface area (Å²) in [4.78, 5) is 0. The molecule has 0 aliphatic heterocycles. The predicted octanol–water partition coefficient (Wildman–Crippen LogP) is 2.96. The Morgan fingerprint density at radius 3 is 2.90 bits per heavy atom. The van der Waals surface area contributed by atoms with Crippen LogP contribution in [0.15, 0.2) is 24.5 Å². The summed E-state index contributed by atoms with van der Waals surface area (Å²) in [5.74, 6) is 0.918. The van der Waals surface area contributed by atoms with Crippen LogP contribution in [-0.4, -0.2) is 26.2 Å². The summed E-state index contributed by atoms with van der Waals surface area (Å²) in [7, 11) is 0. The molecule has 5 nitrogen and oxygen atoms in total. The van der Waals surface area contributed by atoms with Crippen molar-refractivity contribution in [1.82, 2.24) is 20.2 Å². The standard InChI is InChI=1S/C15H21N5/c1-11-6-7-14(9-15(11)20-10-16-18-19-20)17-12(2)8-13-4-3-5-13/h6-7,9-10,12-13,17H,3-5,8H2,1-2H3. The maximum atomic E-state index is 3.97. The van der Waals surface area contributed by atoms with Crippen molar-refractivity contribution in [1.29, 1.82) is 0 Å². The third-order valence-corrected chi connectivity index (χ3v) is 4.13. The van der Waals surface area contributed by atoms with E-state index in [0.29, 0.717) is 6.04 Å². The second-order valence-corrected chi connectivity index (χ2v) is 5.83. The molecular formula is C15H21N5. The Bertz CT molecular complexity index is 560. The Hall–Kier alpha value is -1.91. The first-order valence-electron chi connectivity index (χ1n) is 7.33. The van der Waals surface area contributed by atoms with Crippen LogP contribution in [0, 0.1) is 12.8 Å². The molecule has 1 atom stereocenters. The van der Waals surface area contributed by atoms with Crippen LogP contribution >= 0.6 is 0 Å². The summed E-state index contributed by atoms with van der Waals surface area (Å²) in [5.41, 5.74) is 3.32. The molecule has 1 heterocycles. The minimum atomic E-state index is 0.504. The largest absolute Gasteiger partial charge is 0.383 e. The molecule has 106 valence electrons. The lowest BCUT2D eigenvalue weighted by molar-refractivity contribution is 0.286. The first-order chi connectivity index (χ1) is 9.72. The molecule has 5 heteroatoms. The van der Waals surface area contributed by atoms with Crippen molar-refractivity contribution < 1.29 is 0 Å². The minimum Gasteiger partial charge on any atom is -0.383 e. The maximum absolute atomic E-state index is 3.97. The molecule has 0 spiro atoms. The lowest BCUT2D eigenvalue weighted by atomic mass is 9.81. The van der Waals surface area contributed by atoms with Crippen molar-refractivity contribution in [3.8, 4) is 5.69 Å². The van der Waals surface area contributed by atoms with Crippen LogP contribution < -0.4 is 5.32 Å². The monoisotopic (exact) mass is 271 g/mol. The van der Waals surface area contributed by atoms with Crippen molar-refractivity contribution in [2.24, 2.45) is 5.92 Å². The molecule has 1 fully saturated rings. The van der Waals surface area contributed by atoms with Crippen LogP contribution in [0.2, 0.25) is 0 Å². The summed E-state index contributed by atoms with van der Waals surface area (Å²) in [5, 5.41) is 15.0. The Balaban J connectivity index is 1.71. The number of rotatable bonds is 5. The molecule has 0 amide bonds. The molecule has 1 saturated carbocycles. The smallest absolute Gasteiger partial charge is 0.143 e. The molecule has 1 N–H and O–H groups in total. The van der Waals surface area contributed by atoms with Gasteiger partial charge in [0.25, 0.3) is 0 Å². The fourth-order valence-corrected chi connectivity index (χ4v) is 2.79. The van der Waals surface area contributed by atoms with Crippen LogP contribution in [0.1, 0.15) is 38.2 Å². The molecule has 1 aliphatic rings. The molecule has 3 rings (SSSR count). The second kappa shape index (κ2) is 5.61. The highest BCUT2D eigenvalue weighted by Crippen LogP contribution is 2.31. The quantitative estimate of drug-likeness (QED) is 0.908. The first kappa shape index (κ1) is 13.1. The van der Waals surface area contributed by atoms with Crippen molar-refractivity contribution in [3.05, 3.63) is 30.1 Å². The third kappa shape index (κ3) is 2.81. The molecular weight excluding hydrogens is 250 g/mol. The summed E-state index contributed by atoms with van der Waals surface area (Å²) in [6.07, 6.45) is 7.09. The molecule has 1 aromatic carbocycles. The number of nitrogens with one attached hydrogen (secondary N) is 1. The van der Waals surface area contributed by atoms with Crippen molar-refractivity contribution in [2.75, 3.05) is 5.32 Å². The maximum Gasteiger partial charge on any atom is 0.143 e. The molecule has 0 bridgehead atoms. The van der Waals surface area contributed by atoms with E-state index in [4.69, 9.17) is 0 Å². The number of nitrogens with zero attached hydrogens (tertiary/aromatic N) is 4. The SMILES string of the molecule is Cc1ccc(NC(C)CC2CCC2)cc1-n1cnnn1. The van der Waals surface area contributed by atoms with Crippen molar-refractivity contribution in [3.63, 3.8) is 0 Å². The fourth-order valence-electron chi connectivity index (χ4n) is 2.79. The van der Waals surface area contributed by atoms with Gasteiger partial charge < -0.3 is 5.32 Å². The summed E-state index contributed by atoms with van der Waals surface area (Å²) >= 11 is 0. The Morgan fingerprint density at radius 1 is 1.40 bits per heavy atom. The first-order valence-corrected chi connectivity index (χ1v) is 7.33. The van der Waals surface area contributed by atoms with Crippen LogP contribution in [0.25, 0.3) is 5.69 Å². The van der Waals surface area contributed by atoms with E-state index in [1.165, 1.54) is 25.7 Å². The van der Waals surface area contributed by atoms with Gasteiger partial charge in [-0.05, 0) is 54.3 Å². The number of aromatic nitrogens is 4. The van der Waals surface area contributed by atoms with E-state index in [9.17, 15) is 0 Å². The predicted molar refractivity (Wildman–Crippen MR) is 78.9 cm³/mol. The van der Waals surface area contributed by atoms with E-state index in [0.717, 1.165) is 22.9 Å². The molecule has 1 aliphatic carbocycles. The normalized spacial score (nSPS) is 16.7. The summed E-state index contributed by atoms with van der Waals surface area (Å²) < 4.78 is 1.71. The van der Waals surface area contributed by atoms with Gasteiger partial charge in [-0.15, -0.1) is 5.10 Å². The van der Waals surface area contributed by atoms with Crippen molar-refractivity contribution in [2.45, 2.75) is 45.6 Å². The second-order valence-electron chi connectivity index (χ2n) is 5.83. The lowest BCUT2D eigenvalue weighted by Gasteiger charge is -2.29. The van der Waals surface area contributed by atoms with Crippen LogP contribution in [-0.2, 0) is 0 Å².